The molecule has 2 unspecified atom stereocenters. The minimum absolute atomic E-state index is 0.346. The van der Waals surface area contributed by atoms with E-state index < -0.39 is 0 Å². The maximum Gasteiger partial charge on any atom is 0.126 e. The maximum absolute atomic E-state index is 5.60. The fraction of sp³-hybridized carbons (Fsp3) is 0.600. The summed E-state index contributed by atoms with van der Waals surface area (Å²) in [6, 6.07) is 2.13. The smallest absolute Gasteiger partial charge is 0.126 e. The van der Waals surface area contributed by atoms with Crippen LogP contribution >= 0.6 is 31.9 Å². The zero-order valence-electron chi connectivity index (χ0n) is 11.8. The maximum atomic E-state index is 5.60. The van der Waals surface area contributed by atoms with Crippen LogP contribution in [-0.2, 0) is 0 Å². The number of methoxy groups -OCH3 is 1. The van der Waals surface area contributed by atoms with Gasteiger partial charge in [-0.2, -0.15) is 0 Å². The third-order valence-corrected chi connectivity index (χ3v) is 5.19. The quantitative estimate of drug-likeness (QED) is 0.576. The highest BCUT2D eigenvalue weighted by Crippen LogP contribution is 2.42. The third-order valence-electron chi connectivity index (χ3n) is 3.53. The van der Waals surface area contributed by atoms with Gasteiger partial charge in [0.15, 0.2) is 0 Å². The van der Waals surface area contributed by atoms with Crippen molar-refractivity contribution in [1.82, 2.24) is 0 Å². The van der Waals surface area contributed by atoms with Gasteiger partial charge in [0.2, 0.25) is 0 Å². The van der Waals surface area contributed by atoms with Crippen LogP contribution in [0.3, 0.4) is 0 Å². The summed E-state index contributed by atoms with van der Waals surface area (Å²) < 4.78 is 6.75. The van der Waals surface area contributed by atoms with E-state index in [1.165, 1.54) is 23.1 Å². The number of rotatable bonds is 5. The van der Waals surface area contributed by atoms with Gasteiger partial charge in [-0.1, -0.05) is 52.1 Å². The number of alkyl halides is 1. The van der Waals surface area contributed by atoms with Crippen molar-refractivity contribution < 1.29 is 4.74 Å². The van der Waals surface area contributed by atoms with Gasteiger partial charge in [-0.3, -0.25) is 0 Å². The molecule has 18 heavy (non-hydrogen) atoms. The summed E-state index contributed by atoms with van der Waals surface area (Å²) in [4.78, 5) is 0.346. The Labute approximate surface area is 128 Å². The molecule has 0 fully saturated rings. The van der Waals surface area contributed by atoms with Gasteiger partial charge in [-0.25, -0.2) is 0 Å². The summed E-state index contributed by atoms with van der Waals surface area (Å²) in [5, 5.41) is 0. The Morgan fingerprint density at radius 1 is 1.33 bits per heavy atom. The van der Waals surface area contributed by atoms with Crippen LogP contribution in [-0.4, -0.2) is 7.11 Å². The summed E-state index contributed by atoms with van der Waals surface area (Å²) >= 11 is 7.47. The molecule has 1 aromatic carbocycles. The number of halogens is 2. The molecule has 1 rings (SSSR count). The average molecular weight is 378 g/mol. The largest absolute Gasteiger partial charge is 0.496 e. The molecule has 0 amide bonds. The molecule has 102 valence electrons. The summed E-state index contributed by atoms with van der Waals surface area (Å²) in [5.41, 5.74) is 3.73. The van der Waals surface area contributed by atoms with Crippen molar-refractivity contribution in [3.63, 3.8) is 0 Å². The molecule has 0 saturated heterocycles. The molecule has 0 saturated carbocycles. The van der Waals surface area contributed by atoms with E-state index in [0.29, 0.717) is 10.7 Å². The molecule has 0 aliphatic heterocycles. The Hall–Kier alpha value is -0.0200. The fourth-order valence-electron chi connectivity index (χ4n) is 2.16. The van der Waals surface area contributed by atoms with Crippen LogP contribution in [0, 0.1) is 19.8 Å². The van der Waals surface area contributed by atoms with Crippen molar-refractivity contribution in [2.75, 3.05) is 7.11 Å². The molecule has 0 aliphatic carbocycles. The van der Waals surface area contributed by atoms with Crippen molar-refractivity contribution >= 4 is 31.9 Å². The monoisotopic (exact) mass is 376 g/mol. The number of hydrogen-bond acceptors (Lipinski definition) is 1. The summed E-state index contributed by atoms with van der Waals surface area (Å²) in [7, 11) is 1.75. The first kappa shape index (κ1) is 16.0. The van der Waals surface area contributed by atoms with Crippen LogP contribution in [0.4, 0.5) is 0 Å². The number of hydrogen-bond donors (Lipinski definition) is 0. The first-order valence-corrected chi connectivity index (χ1v) is 8.10. The minimum Gasteiger partial charge on any atom is -0.496 e. The number of ether oxygens (including phenoxy) is 1. The highest BCUT2D eigenvalue weighted by molar-refractivity contribution is 9.10. The highest BCUT2D eigenvalue weighted by Gasteiger charge is 2.21. The Bertz CT molecular complexity index is 415. The Morgan fingerprint density at radius 3 is 2.44 bits per heavy atom. The molecule has 0 aromatic heterocycles. The van der Waals surface area contributed by atoms with Crippen LogP contribution in [0.15, 0.2) is 10.5 Å². The molecule has 0 aliphatic rings. The van der Waals surface area contributed by atoms with Crippen molar-refractivity contribution in [1.29, 1.82) is 0 Å². The molecule has 0 bridgehead atoms. The van der Waals surface area contributed by atoms with E-state index in [1.54, 1.807) is 7.11 Å². The lowest BCUT2D eigenvalue weighted by Gasteiger charge is -2.22. The van der Waals surface area contributed by atoms with Gasteiger partial charge in [0.25, 0.3) is 0 Å². The molecule has 0 N–H and O–H groups in total. The fourth-order valence-corrected chi connectivity index (χ4v) is 3.91. The van der Waals surface area contributed by atoms with Crippen molar-refractivity contribution in [2.24, 2.45) is 5.92 Å². The summed E-state index contributed by atoms with van der Waals surface area (Å²) in [6.45, 7) is 8.77. The number of aryl methyl sites for hydroxylation is 1. The second-order valence-corrected chi connectivity index (χ2v) is 6.92. The summed E-state index contributed by atoms with van der Waals surface area (Å²) in [5.74, 6) is 1.72. The Morgan fingerprint density at radius 2 is 1.94 bits per heavy atom. The molecular formula is C15H22Br2O. The van der Waals surface area contributed by atoms with Gasteiger partial charge < -0.3 is 4.74 Å². The van der Waals surface area contributed by atoms with Gasteiger partial charge in [0.05, 0.1) is 7.11 Å². The van der Waals surface area contributed by atoms with E-state index in [4.69, 9.17) is 4.74 Å². The van der Waals surface area contributed by atoms with Gasteiger partial charge in [0.1, 0.15) is 5.75 Å². The predicted octanol–water partition coefficient (Wildman–Crippen LogP) is 5.95. The Kier molecular flexibility index (Phi) is 6.19. The topological polar surface area (TPSA) is 9.23 Å². The second-order valence-electron chi connectivity index (χ2n) is 4.96. The van der Waals surface area contributed by atoms with E-state index in [-0.39, 0.29) is 0 Å². The highest BCUT2D eigenvalue weighted by atomic mass is 79.9. The first-order chi connectivity index (χ1) is 8.42. The van der Waals surface area contributed by atoms with Crippen LogP contribution in [0.2, 0.25) is 0 Å². The van der Waals surface area contributed by atoms with Crippen LogP contribution < -0.4 is 4.74 Å². The van der Waals surface area contributed by atoms with Crippen molar-refractivity contribution in [3.8, 4) is 5.75 Å². The van der Waals surface area contributed by atoms with Crippen LogP contribution in [0.25, 0.3) is 0 Å². The lowest BCUT2D eigenvalue weighted by molar-refractivity contribution is 0.402. The van der Waals surface area contributed by atoms with Gasteiger partial charge in [0, 0.05) is 14.9 Å². The van der Waals surface area contributed by atoms with Crippen LogP contribution in [0.5, 0.6) is 5.75 Å². The molecule has 3 heteroatoms. The van der Waals surface area contributed by atoms with Crippen molar-refractivity contribution in [3.05, 3.63) is 27.2 Å². The van der Waals surface area contributed by atoms with E-state index in [1.807, 2.05) is 0 Å². The summed E-state index contributed by atoms with van der Waals surface area (Å²) in [6.07, 6.45) is 2.33. The lowest BCUT2D eigenvalue weighted by atomic mass is 9.94. The van der Waals surface area contributed by atoms with Gasteiger partial charge in [-0.05, 0) is 43.4 Å². The normalized spacial score (nSPS) is 14.4. The zero-order valence-corrected chi connectivity index (χ0v) is 15.0. The second kappa shape index (κ2) is 6.95. The van der Waals surface area contributed by atoms with Gasteiger partial charge in [-0.15, -0.1) is 0 Å². The van der Waals surface area contributed by atoms with Crippen LogP contribution in [0.1, 0.15) is 48.2 Å². The minimum atomic E-state index is 0.346. The lowest BCUT2D eigenvalue weighted by Crippen LogP contribution is -2.05. The van der Waals surface area contributed by atoms with E-state index in [2.05, 4.69) is 65.6 Å². The predicted molar refractivity (Wildman–Crippen MR) is 85.9 cm³/mol. The molecule has 0 spiro atoms. The van der Waals surface area contributed by atoms with E-state index in [9.17, 15) is 0 Å². The molecule has 0 radical (unpaired) electrons. The first-order valence-electron chi connectivity index (χ1n) is 6.39. The molecular weight excluding hydrogens is 356 g/mol. The number of benzene rings is 1. The SMILES string of the molecule is CCC(C)CC(Br)c1c(C)c(Br)cc(C)c1OC. The van der Waals surface area contributed by atoms with E-state index >= 15 is 0 Å². The zero-order chi connectivity index (χ0) is 13.9. The molecule has 1 aromatic rings. The standard InChI is InChI=1S/C15H22Br2O/c1-6-9(2)7-13(17)14-11(4)12(16)8-10(3)15(14)18-5/h8-9,13H,6-7H2,1-5H3. The molecule has 2 atom stereocenters. The van der Waals surface area contributed by atoms with Gasteiger partial charge >= 0.3 is 0 Å². The molecule has 1 nitrogen and oxygen atoms in total. The average Bonchev–Trinajstić information content (AvgIpc) is 2.32. The Balaban J connectivity index is 3.20. The van der Waals surface area contributed by atoms with E-state index in [0.717, 1.165) is 16.6 Å². The van der Waals surface area contributed by atoms with Crippen molar-refractivity contribution in [2.45, 2.75) is 45.4 Å². The molecule has 0 heterocycles. The third kappa shape index (κ3) is 3.51.